The van der Waals surface area contributed by atoms with E-state index in [1.807, 2.05) is 28.8 Å². The van der Waals surface area contributed by atoms with Crippen LogP contribution in [0.25, 0.3) is 16.9 Å². The summed E-state index contributed by atoms with van der Waals surface area (Å²) in [6, 6.07) is 14.2. The molecule has 0 saturated heterocycles. The predicted molar refractivity (Wildman–Crippen MR) is 76.0 cm³/mol. The first-order chi connectivity index (χ1) is 9.16. The zero-order valence-corrected chi connectivity index (χ0v) is 11.0. The molecule has 0 aliphatic carbocycles. The van der Waals surface area contributed by atoms with E-state index in [9.17, 15) is 5.11 Å². The minimum atomic E-state index is -0.573. The van der Waals surface area contributed by atoms with E-state index in [-0.39, 0.29) is 0 Å². The maximum atomic E-state index is 9.85. The third kappa shape index (κ3) is 2.02. The van der Waals surface area contributed by atoms with E-state index < -0.39 is 6.10 Å². The number of aryl methyl sites for hydroxylation is 1. The van der Waals surface area contributed by atoms with Gasteiger partial charge in [-0.25, -0.2) is 4.98 Å². The molecule has 1 atom stereocenters. The summed E-state index contributed by atoms with van der Waals surface area (Å²) in [7, 11) is 0. The highest BCUT2D eigenvalue weighted by atomic mass is 16.3. The summed E-state index contributed by atoms with van der Waals surface area (Å²) in [5.41, 5.74) is 3.95. The quantitative estimate of drug-likeness (QED) is 0.759. The van der Waals surface area contributed by atoms with Crippen molar-refractivity contribution in [3.63, 3.8) is 0 Å². The van der Waals surface area contributed by atoms with Crippen LogP contribution in [0.4, 0.5) is 0 Å². The van der Waals surface area contributed by atoms with Crippen molar-refractivity contribution in [2.75, 3.05) is 0 Å². The zero-order chi connectivity index (χ0) is 13.4. The molecule has 0 fully saturated rings. The Morgan fingerprint density at radius 3 is 2.53 bits per heavy atom. The molecule has 0 aliphatic heterocycles. The average Bonchev–Trinajstić information content (AvgIpc) is 2.79. The molecule has 3 rings (SSSR count). The lowest BCUT2D eigenvalue weighted by atomic mass is 10.1. The van der Waals surface area contributed by atoms with Gasteiger partial charge in [-0.1, -0.05) is 35.9 Å². The lowest BCUT2D eigenvalue weighted by Crippen LogP contribution is -1.91. The number of rotatable bonds is 2. The normalized spacial score (nSPS) is 12.8. The summed E-state index contributed by atoms with van der Waals surface area (Å²) in [4.78, 5) is 4.60. The van der Waals surface area contributed by atoms with Crippen molar-refractivity contribution in [3.05, 3.63) is 59.9 Å². The van der Waals surface area contributed by atoms with Gasteiger partial charge in [-0.15, -0.1) is 0 Å². The Morgan fingerprint density at radius 2 is 1.84 bits per heavy atom. The number of pyridine rings is 1. The zero-order valence-electron chi connectivity index (χ0n) is 11.0. The Hall–Kier alpha value is -2.13. The number of aliphatic hydroxyl groups is 1. The number of benzene rings is 1. The molecule has 3 aromatic rings. The van der Waals surface area contributed by atoms with Crippen LogP contribution < -0.4 is 0 Å². The van der Waals surface area contributed by atoms with Gasteiger partial charge in [0.05, 0.1) is 17.3 Å². The van der Waals surface area contributed by atoms with E-state index in [0.29, 0.717) is 0 Å². The molecule has 0 spiro atoms. The smallest absolute Gasteiger partial charge is 0.144 e. The molecule has 3 nitrogen and oxygen atoms in total. The van der Waals surface area contributed by atoms with Crippen molar-refractivity contribution >= 4 is 5.52 Å². The van der Waals surface area contributed by atoms with Gasteiger partial charge in [-0.05, 0) is 26.0 Å². The fourth-order valence-corrected chi connectivity index (χ4v) is 2.28. The molecule has 1 N–H and O–H groups in total. The van der Waals surface area contributed by atoms with E-state index in [4.69, 9.17) is 0 Å². The number of aliphatic hydroxyl groups excluding tert-OH is 1. The van der Waals surface area contributed by atoms with Gasteiger partial charge in [0.25, 0.3) is 0 Å². The van der Waals surface area contributed by atoms with Crippen molar-refractivity contribution in [3.8, 4) is 11.4 Å². The van der Waals surface area contributed by atoms with Crippen LogP contribution in [0, 0.1) is 6.92 Å². The van der Waals surface area contributed by atoms with Gasteiger partial charge in [0.1, 0.15) is 5.82 Å². The number of hydrogen-bond donors (Lipinski definition) is 1. The van der Waals surface area contributed by atoms with E-state index in [0.717, 1.165) is 22.6 Å². The Labute approximate surface area is 112 Å². The topological polar surface area (TPSA) is 37.5 Å². The van der Waals surface area contributed by atoms with Crippen molar-refractivity contribution in [1.82, 2.24) is 9.38 Å². The molecule has 96 valence electrons. The van der Waals surface area contributed by atoms with Gasteiger partial charge in [0, 0.05) is 11.8 Å². The van der Waals surface area contributed by atoms with E-state index in [2.05, 4.69) is 36.2 Å². The number of fused-ring (bicyclic) bond motifs is 1. The first-order valence-electron chi connectivity index (χ1n) is 6.39. The molecule has 2 aromatic heterocycles. The number of hydrogen-bond acceptors (Lipinski definition) is 2. The molecule has 0 bridgehead atoms. The van der Waals surface area contributed by atoms with Crippen LogP contribution in [-0.4, -0.2) is 14.5 Å². The van der Waals surface area contributed by atoms with E-state index >= 15 is 0 Å². The molecule has 19 heavy (non-hydrogen) atoms. The van der Waals surface area contributed by atoms with Gasteiger partial charge in [0.15, 0.2) is 0 Å². The third-order valence-corrected chi connectivity index (χ3v) is 3.28. The molecule has 0 aliphatic rings. The third-order valence-electron chi connectivity index (χ3n) is 3.28. The molecule has 2 heterocycles. The minimum absolute atomic E-state index is 0.573. The number of imidazole rings is 1. The lowest BCUT2D eigenvalue weighted by Gasteiger charge is -2.01. The lowest BCUT2D eigenvalue weighted by molar-refractivity contribution is 0.196. The van der Waals surface area contributed by atoms with Gasteiger partial charge < -0.3 is 5.11 Å². The van der Waals surface area contributed by atoms with Crippen LogP contribution in [0.3, 0.4) is 0 Å². The van der Waals surface area contributed by atoms with Crippen LogP contribution in [-0.2, 0) is 0 Å². The Bertz CT molecular complexity index is 711. The minimum Gasteiger partial charge on any atom is -0.387 e. The molecule has 1 unspecified atom stereocenters. The van der Waals surface area contributed by atoms with Crippen LogP contribution in [0.1, 0.15) is 24.3 Å². The van der Waals surface area contributed by atoms with Gasteiger partial charge in [-0.2, -0.15) is 0 Å². The van der Waals surface area contributed by atoms with Gasteiger partial charge in [0.2, 0.25) is 0 Å². The summed E-state index contributed by atoms with van der Waals surface area (Å²) < 4.78 is 2.02. The van der Waals surface area contributed by atoms with Crippen molar-refractivity contribution in [2.24, 2.45) is 0 Å². The fraction of sp³-hybridized carbons (Fsp3) is 0.188. The standard InChI is InChI=1S/C16H16N2O/c1-11-6-8-13(9-7-11)16-17-15(12(2)19)14-5-3-4-10-18(14)16/h3-10,12,19H,1-2H3. The molecule has 1 aromatic carbocycles. The highest BCUT2D eigenvalue weighted by Gasteiger charge is 2.15. The van der Waals surface area contributed by atoms with Crippen molar-refractivity contribution in [1.29, 1.82) is 0 Å². The average molecular weight is 252 g/mol. The van der Waals surface area contributed by atoms with E-state index in [1.165, 1.54) is 5.56 Å². The predicted octanol–water partition coefficient (Wildman–Crippen LogP) is 3.36. The number of nitrogens with zero attached hydrogens (tertiary/aromatic N) is 2. The van der Waals surface area contributed by atoms with Gasteiger partial charge in [-0.3, -0.25) is 4.40 Å². The van der Waals surface area contributed by atoms with Crippen LogP contribution in [0.15, 0.2) is 48.7 Å². The van der Waals surface area contributed by atoms with Crippen LogP contribution >= 0.6 is 0 Å². The molecular weight excluding hydrogens is 236 g/mol. The highest BCUT2D eigenvalue weighted by molar-refractivity contribution is 5.66. The Morgan fingerprint density at radius 1 is 1.11 bits per heavy atom. The van der Waals surface area contributed by atoms with Crippen molar-refractivity contribution in [2.45, 2.75) is 20.0 Å². The summed E-state index contributed by atoms with van der Waals surface area (Å²) in [5.74, 6) is 0.867. The first kappa shape index (κ1) is 11.9. The molecule has 0 amide bonds. The molecular formula is C16H16N2O. The van der Waals surface area contributed by atoms with Crippen LogP contribution in [0.5, 0.6) is 0 Å². The van der Waals surface area contributed by atoms with Gasteiger partial charge >= 0.3 is 0 Å². The summed E-state index contributed by atoms with van der Waals surface area (Å²) >= 11 is 0. The fourth-order valence-electron chi connectivity index (χ4n) is 2.28. The van der Waals surface area contributed by atoms with Crippen LogP contribution in [0.2, 0.25) is 0 Å². The maximum absolute atomic E-state index is 9.85. The Balaban J connectivity index is 2.26. The summed E-state index contributed by atoms with van der Waals surface area (Å²) in [6.07, 6.45) is 1.40. The highest BCUT2D eigenvalue weighted by Crippen LogP contribution is 2.26. The summed E-state index contributed by atoms with van der Waals surface area (Å²) in [5, 5.41) is 9.85. The molecule has 0 radical (unpaired) electrons. The SMILES string of the molecule is Cc1ccc(-c2nc(C(C)O)c3ccccn23)cc1. The molecule has 0 saturated carbocycles. The summed E-state index contributed by atoms with van der Waals surface area (Å²) in [6.45, 7) is 3.81. The maximum Gasteiger partial charge on any atom is 0.144 e. The first-order valence-corrected chi connectivity index (χ1v) is 6.39. The monoisotopic (exact) mass is 252 g/mol. The second kappa shape index (κ2) is 4.52. The second-order valence-corrected chi connectivity index (χ2v) is 4.82. The Kier molecular flexibility index (Phi) is 2.84. The largest absolute Gasteiger partial charge is 0.387 e. The second-order valence-electron chi connectivity index (χ2n) is 4.82. The van der Waals surface area contributed by atoms with E-state index in [1.54, 1.807) is 6.92 Å². The van der Waals surface area contributed by atoms with Crippen molar-refractivity contribution < 1.29 is 5.11 Å². The molecule has 3 heteroatoms. The number of aromatic nitrogens is 2.